The van der Waals surface area contributed by atoms with Gasteiger partial charge in [0.05, 0.1) is 17.6 Å². The van der Waals surface area contributed by atoms with Crippen LogP contribution in [0, 0.1) is 11.3 Å². The van der Waals surface area contributed by atoms with Crippen molar-refractivity contribution in [2.24, 2.45) is 0 Å². The average molecular weight is 251 g/mol. The van der Waals surface area contributed by atoms with Crippen molar-refractivity contribution < 1.29 is 4.79 Å². The highest BCUT2D eigenvalue weighted by Crippen LogP contribution is 2.15. The Morgan fingerprint density at radius 3 is 2.76 bits per heavy atom. The SMILES string of the molecule is CCN(CCC#N)CC(=O)c1ccccc1Cl. The Morgan fingerprint density at radius 2 is 2.18 bits per heavy atom. The first-order valence-electron chi connectivity index (χ1n) is 5.56. The number of hydrogen-bond donors (Lipinski definition) is 0. The van der Waals surface area contributed by atoms with Crippen molar-refractivity contribution >= 4 is 17.4 Å². The lowest BCUT2D eigenvalue weighted by molar-refractivity contribution is 0.0935. The maximum Gasteiger partial charge on any atom is 0.178 e. The van der Waals surface area contributed by atoms with Crippen LogP contribution in [0.4, 0.5) is 0 Å². The van der Waals surface area contributed by atoms with Gasteiger partial charge >= 0.3 is 0 Å². The second-order valence-corrected chi connectivity index (χ2v) is 4.09. The van der Waals surface area contributed by atoms with E-state index < -0.39 is 0 Å². The molecule has 0 aliphatic rings. The fourth-order valence-corrected chi connectivity index (χ4v) is 1.77. The van der Waals surface area contributed by atoms with Gasteiger partial charge in [-0.05, 0) is 18.7 Å². The topological polar surface area (TPSA) is 44.1 Å². The summed E-state index contributed by atoms with van der Waals surface area (Å²) in [7, 11) is 0. The molecular formula is C13H15ClN2O. The molecule has 0 amide bonds. The molecule has 0 heterocycles. The second-order valence-electron chi connectivity index (χ2n) is 3.68. The smallest absolute Gasteiger partial charge is 0.178 e. The van der Waals surface area contributed by atoms with E-state index in [0.717, 1.165) is 6.54 Å². The van der Waals surface area contributed by atoms with Gasteiger partial charge in [-0.2, -0.15) is 5.26 Å². The summed E-state index contributed by atoms with van der Waals surface area (Å²) < 4.78 is 0. The number of Topliss-reactive ketones (excluding diaryl/α,β-unsaturated/α-hetero) is 1. The number of halogens is 1. The van der Waals surface area contributed by atoms with E-state index in [0.29, 0.717) is 30.1 Å². The summed E-state index contributed by atoms with van der Waals surface area (Å²) in [6.07, 6.45) is 0.434. The van der Waals surface area contributed by atoms with Gasteiger partial charge in [0.1, 0.15) is 0 Å². The van der Waals surface area contributed by atoms with E-state index in [1.807, 2.05) is 11.8 Å². The minimum atomic E-state index is -0.00427. The fourth-order valence-electron chi connectivity index (χ4n) is 1.53. The number of carbonyl (C=O) groups excluding carboxylic acids is 1. The summed E-state index contributed by atoms with van der Waals surface area (Å²) in [6.45, 7) is 3.64. The van der Waals surface area contributed by atoms with Gasteiger partial charge in [-0.25, -0.2) is 0 Å². The molecule has 0 radical (unpaired) electrons. The third-order valence-electron chi connectivity index (χ3n) is 2.53. The van der Waals surface area contributed by atoms with Crippen LogP contribution in [-0.2, 0) is 0 Å². The number of benzene rings is 1. The zero-order valence-electron chi connectivity index (χ0n) is 9.82. The first kappa shape index (κ1) is 13.7. The zero-order chi connectivity index (χ0) is 12.7. The quantitative estimate of drug-likeness (QED) is 0.730. The number of rotatable bonds is 6. The molecule has 0 atom stereocenters. The van der Waals surface area contributed by atoms with Crippen molar-refractivity contribution in [2.75, 3.05) is 19.6 Å². The highest BCUT2D eigenvalue weighted by molar-refractivity contribution is 6.34. The van der Waals surface area contributed by atoms with Crippen molar-refractivity contribution in [1.82, 2.24) is 4.90 Å². The largest absolute Gasteiger partial charge is 0.295 e. The molecule has 0 fully saturated rings. The monoisotopic (exact) mass is 250 g/mol. The van der Waals surface area contributed by atoms with Crippen molar-refractivity contribution in [3.63, 3.8) is 0 Å². The first-order valence-corrected chi connectivity index (χ1v) is 5.93. The van der Waals surface area contributed by atoms with E-state index in [4.69, 9.17) is 16.9 Å². The fraction of sp³-hybridized carbons (Fsp3) is 0.385. The molecule has 0 saturated heterocycles. The van der Waals surface area contributed by atoms with E-state index in [9.17, 15) is 4.79 Å². The number of nitriles is 1. The normalized spacial score (nSPS) is 10.2. The van der Waals surface area contributed by atoms with Crippen molar-refractivity contribution in [3.05, 3.63) is 34.9 Å². The summed E-state index contributed by atoms with van der Waals surface area (Å²) in [4.78, 5) is 13.9. The molecule has 0 bridgehead atoms. The molecule has 0 aromatic heterocycles. The van der Waals surface area contributed by atoms with Gasteiger partial charge in [0.15, 0.2) is 5.78 Å². The van der Waals surface area contributed by atoms with Gasteiger partial charge in [-0.15, -0.1) is 0 Å². The van der Waals surface area contributed by atoms with E-state index in [1.54, 1.807) is 24.3 Å². The highest BCUT2D eigenvalue weighted by Gasteiger charge is 2.13. The number of nitrogens with zero attached hydrogens (tertiary/aromatic N) is 2. The predicted molar refractivity (Wildman–Crippen MR) is 68.1 cm³/mol. The Labute approximate surface area is 107 Å². The van der Waals surface area contributed by atoms with Crippen molar-refractivity contribution in [2.45, 2.75) is 13.3 Å². The van der Waals surface area contributed by atoms with Crippen LogP contribution < -0.4 is 0 Å². The lowest BCUT2D eigenvalue weighted by atomic mass is 10.1. The van der Waals surface area contributed by atoms with Crippen LogP contribution in [-0.4, -0.2) is 30.3 Å². The van der Waals surface area contributed by atoms with Gasteiger partial charge in [0.25, 0.3) is 0 Å². The molecule has 90 valence electrons. The average Bonchev–Trinajstić information content (AvgIpc) is 2.34. The van der Waals surface area contributed by atoms with Crippen molar-refractivity contribution in [3.8, 4) is 6.07 Å². The van der Waals surface area contributed by atoms with Crippen LogP contribution in [0.3, 0.4) is 0 Å². The van der Waals surface area contributed by atoms with Gasteiger partial charge < -0.3 is 0 Å². The third kappa shape index (κ3) is 4.18. The molecule has 1 aromatic rings. The summed E-state index contributed by atoms with van der Waals surface area (Å²) in [6, 6.07) is 9.11. The van der Waals surface area contributed by atoms with Gasteiger partial charge in [-0.1, -0.05) is 30.7 Å². The summed E-state index contributed by atoms with van der Waals surface area (Å²) >= 11 is 5.96. The highest BCUT2D eigenvalue weighted by atomic mass is 35.5. The molecule has 1 aromatic carbocycles. The van der Waals surface area contributed by atoms with Crippen molar-refractivity contribution in [1.29, 1.82) is 5.26 Å². The molecule has 0 aliphatic heterocycles. The minimum absolute atomic E-state index is 0.00427. The summed E-state index contributed by atoms with van der Waals surface area (Å²) in [5.41, 5.74) is 0.546. The van der Waals surface area contributed by atoms with Crippen LogP contribution in [0.5, 0.6) is 0 Å². The maximum atomic E-state index is 12.0. The molecule has 0 N–H and O–H groups in total. The Morgan fingerprint density at radius 1 is 1.47 bits per heavy atom. The first-order chi connectivity index (χ1) is 8.19. The Balaban J connectivity index is 2.65. The van der Waals surface area contributed by atoms with Crippen LogP contribution in [0.2, 0.25) is 5.02 Å². The lowest BCUT2D eigenvalue weighted by Crippen LogP contribution is -2.30. The van der Waals surface area contributed by atoms with Gasteiger partial charge in [0, 0.05) is 18.5 Å². The van der Waals surface area contributed by atoms with Crippen LogP contribution in [0.25, 0.3) is 0 Å². The zero-order valence-corrected chi connectivity index (χ0v) is 10.6. The number of hydrogen-bond acceptors (Lipinski definition) is 3. The van der Waals surface area contributed by atoms with E-state index >= 15 is 0 Å². The van der Waals surface area contributed by atoms with Crippen LogP contribution >= 0.6 is 11.6 Å². The lowest BCUT2D eigenvalue weighted by Gasteiger charge is -2.18. The summed E-state index contributed by atoms with van der Waals surface area (Å²) in [5.74, 6) is -0.00427. The number of likely N-dealkylation sites (N-methyl/N-ethyl adjacent to an activating group) is 1. The molecule has 0 saturated carbocycles. The second kappa shape index (κ2) is 7.05. The van der Waals surface area contributed by atoms with Crippen LogP contribution in [0.15, 0.2) is 24.3 Å². The minimum Gasteiger partial charge on any atom is -0.295 e. The van der Waals surface area contributed by atoms with Gasteiger partial charge in [-0.3, -0.25) is 9.69 Å². The molecule has 0 aliphatic carbocycles. The molecule has 4 heteroatoms. The molecule has 0 spiro atoms. The maximum absolute atomic E-state index is 12.0. The third-order valence-corrected chi connectivity index (χ3v) is 2.86. The summed E-state index contributed by atoms with van der Waals surface area (Å²) in [5, 5.41) is 9.00. The van der Waals surface area contributed by atoms with E-state index in [-0.39, 0.29) is 5.78 Å². The predicted octanol–water partition coefficient (Wildman–Crippen LogP) is 2.76. The number of carbonyl (C=O) groups is 1. The van der Waals surface area contributed by atoms with E-state index in [2.05, 4.69) is 6.07 Å². The Kier molecular flexibility index (Phi) is 5.68. The molecule has 17 heavy (non-hydrogen) atoms. The standard InChI is InChI=1S/C13H15ClN2O/c1-2-16(9-5-8-15)10-13(17)11-6-3-4-7-12(11)14/h3-4,6-7H,2,5,9-10H2,1H3. The molecule has 3 nitrogen and oxygen atoms in total. The molecule has 1 rings (SSSR count). The van der Waals surface area contributed by atoms with Crippen LogP contribution in [0.1, 0.15) is 23.7 Å². The van der Waals surface area contributed by atoms with Gasteiger partial charge in [0.2, 0.25) is 0 Å². The molecule has 0 unspecified atom stereocenters. The molecular weight excluding hydrogens is 236 g/mol. The Hall–Kier alpha value is -1.37. The van der Waals surface area contributed by atoms with E-state index in [1.165, 1.54) is 0 Å². The number of ketones is 1. The Bertz CT molecular complexity index is 426.